The van der Waals surface area contributed by atoms with E-state index in [2.05, 4.69) is 5.32 Å². The van der Waals surface area contributed by atoms with Gasteiger partial charge < -0.3 is 5.32 Å². The summed E-state index contributed by atoms with van der Waals surface area (Å²) in [6, 6.07) is 4.34. The van der Waals surface area contributed by atoms with Gasteiger partial charge in [0, 0.05) is 6.04 Å². The van der Waals surface area contributed by atoms with Crippen molar-refractivity contribution in [2.45, 2.75) is 19.4 Å². The standard InChI is InChI=1S/C10H11FN2O2/c1-6-5-9(6)12-8-4-2-3-7(11)10(8)13(14)15/h2-4,6,9,12H,5H2,1H3. The Balaban J connectivity index is 2.29. The van der Waals surface area contributed by atoms with Gasteiger partial charge in [-0.3, -0.25) is 10.1 Å². The minimum Gasteiger partial charge on any atom is -0.376 e. The first-order chi connectivity index (χ1) is 7.09. The quantitative estimate of drug-likeness (QED) is 0.616. The van der Waals surface area contributed by atoms with Crippen LogP contribution in [0.25, 0.3) is 0 Å². The third kappa shape index (κ3) is 1.91. The van der Waals surface area contributed by atoms with Crippen molar-refractivity contribution in [2.75, 3.05) is 5.32 Å². The van der Waals surface area contributed by atoms with Crippen LogP contribution < -0.4 is 5.32 Å². The third-order valence-corrected chi connectivity index (χ3v) is 2.62. The van der Waals surface area contributed by atoms with E-state index in [1.165, 1.54) is 12.1 Å². The highest BCUT2D eigenvalue weighted by atomic mass is 19.1. The van der Waals surface area contributed by atoms with E-state index in [1.807, 2.05) is 6.92 Å². The monoisotopic (exact) mass is 210 g/mol. The molecule has 15 heavy (non-hydrogen) atoms. The molecule has 0 radical (unpaired) electrons. The fourth-order valence-electron chi connectivity index (χ4n) is 1.54. The first-order valence-corrected chi connectivity index (χ1v) is 4.79. The van der Waals surface area contributed by atoms with Crippen LogP contribution in [0.5, 0.6) is 0 Å². The summed E-state index contributed by atoms with van der Waals surface area (Å²) in [5, 5.41) is 13.6. The van der Waals surface area contributed by atoms with Crippen LogP contribution >= 0.6 is 0 Å². The number of nitrogens with one attached hydrogen (secondary N) is 1. The molecule has 0 aromatic heterocycles. The van der Waals surface area contributed by atoms with Crippen molar-refractivity contribution >= 4 is 11.4 Å². The first-order valence-electron chi connectivity index (χ1n) is 4.79. The smallest absolute Gasteiger partial charge is 0.327 e. The van der Waals surface area contributed by atoms with Crippen LogP contribution in [0, 0.1) is 21.8 Å². The maximum atomic E-state index is 13.2. The Hall–Kier alpha value is -1.65. The normalized spacial score (nSPS) is 23.6. The van der Waals surface area contributed by atoms with Gasteiger partial charge in [-0.05, 0) is 24.5 Å². The molecule has 1 fully saturated rings. The molecule has 2 unspecified atom stereocenters. The van der Waals surface area contributed by atoms with Crippen LogP contribution in [-0.4, -0.2) is 11.0 Å². The minimum absolute atomic E-state index is 0.241. The minimum atomic E-state index is -0.793. The molecule has 1 aromatic carbocycles. The van der Waals surface area contributed by atoms with Gasteiger partial charge in [0.1, 0.15) is 5.69 Å². The number of rotatable bonds is 3. The Morgan fingerprint density at radius 1 is 1.60 bits per heavy atom. The highest BCUT2D eigenvalue weighted by molar-refractivity contribution is 5.63. The van der Waals surface area contributed by atoms with E-state index in [-0.39, 0.29) is 11.7 Å². The van der Waals surface area contributed by atoms with Crippen LogP contribution in [0.4, 0.5) is 15.8 Å². The second-order valence-corrected chi connectivity index (χ2v) is 3.86. The summed E-state index contributed by atoms with van der Waals surface area (Å²) in [5.74, 6) is -0.286. The van der Waals surface area contributed by atoms with Crippen LogP contribution in [0.3, 0.4) is 0 Å². The Labute approximate surface area is 86.3 Å². The SMILES string of the molecule is CC1CC1Nc1cccc(F)c1[N+](=O)[O-]. The van der Waals surface area contributed by atoms with E-state index in [0.29, 0.717) is 5.92 Å². The lowest BCUT2D eigenvalue weighted by molar-refractivity contribution is -0.386. The van der Waals surface area contributed by atoms with Gasteiger partial charge >= 0.3 is 5.69 Å². The molecule has 0 spiro atoms. The molecule has 4 nitrogen and oxygen atoms in total. The predicted molar refractivity (Wildman–Crippen MR) is 54.2 cm³/mol. The molecule has 1 aliphatic carbocycles. The molecule has 5 heteroatoms. The molecule has 1 saturated carbocycles. The van der Waals surface area contributed by atoms with Crippen molar-refractivity contribution in [1.29, 1.82) is 0 Å². The fraction of sp³-hybridized carbons (Fsp3) is 0.400. The molecular weight excluding hydrogens is 199 g/mol. The maximum absolute atomic E-state index is 13.2. The molecule has 1 N–H and O–H groups in total. The van der Waals surface area contributed by atoms with Gasteiger partial charge in [-0.25, -0.2) is 0 Å². The highest BCUT2D eigenvalue weighted by Gasteiger charge is 2.34. The molecular formula is C10H11FN2O2. The molecule has 0 amide bonds. The van der Waals surface area contributed by atoms with E-state index < -0.39 is 16.4 Å². The molecule has 1 aliphatic rings. The fourth-order valence-corrected chi connectivity index (χ4v) is 1.54. The van der Waals surface area contributed by atoms with Crippen molar-refractivity contribution in [3.05, 3.63) is 34.1 Å². The number of anilines is 1. The number of hydrogen-bond acceptors (Lipinski definition) is 3. The van der Waals surface area contributed by atoms with E-state index in [9.17, 15) is 14.5 Å². The lowest BCUT2D eigenvalue weighted by Gasteiger charge is -2.05. The van der Waals surface area contributed by atoms with E-state index in [4.69, 9.17) is 0 Å². The van der Waals surface area contributed by atoms with Crippen LogP contribution in [0.1, 0.15) is 13.3 Å². The number of benzene rings is 1. The number of nitro groups is 1. The average Bonchev–Trinajstić information content (AvgIpc) is 2.81. The molecule has 0 saturated heterocycles. The van der Waals surface area contributed by atoms with Gasteiger partial charge in [-0.1, -0.05) is 13.0 Å². The Kier molecular flexibility index (Phi) is 2.30. The maximum Gasteiger partial charge on any atom is 0.327 e. The number of nitro benzene ring substituents is 1. The zero-order valence-electron chi connectivity index (χ0n) is 8.24. The van der Waals surface area contributed by atoms with Crippen molar-refractivity contribution in [3.63, 3.8) is 0 Å². The van der Waals surface area contributed by atoms with Gasteiger partial charge in [0.15, 0.2) is 0 Å². The van der Waals surface area contributed by atoms with Crippen LogP contribution in [0.15, 0.2) is 18.2 Å². The second kappa shape index (κ2) is 3.49. The summed E-state index contributed by atoms with van der Waals surface area (Å²) >= 11 is 0. The van der Waals surface area contributed by atoms with Crippen molar-refractivity contribution < 1.29 is 9.31 Å². The van der Waals surface area contributed by atoms with Gasteiger partial charge in [-0.2, -0.15) is 4.39 Å². The van der Waals surface area contributed by atoms with Gasteiger partial charge in [-0.15, -0.1) is 0 Å². The number of nitrogens with zero attached hydrogens (tertiary/aromatic N) is 1. The van der Waals surface area contributed by atoms with E-state index in [0.717, 1.165) is 12.5 Å². The zero-order valence-corrected chi connectivity index (χ0v) is 8.24. The van der Waals surface area contributed by atoms with Crippen molar-refractivity contribution in [1.82, 2.24) is 0 Å². The Bertz CT molecular complexity index is 408. The second-order valence-electron chi connectivity index (χ2n) is 3.86. The zero-order chi connectivity index (χ0) is 11.0. The molecule has 0 bridgehead atoms. The molecule has 2 atom stereocenters. The Morgan fingerprint density at radius 3 is 2.80 bits per heavy atom. The Morgan fingerprint density at radius 2 is 2.27 bits per heavy atom. The van der Waals surface area contributed by atoms with Crippen molar-refractivity contribution in [3.8, 4) is 0 Å². The van der Waals surface area contributed by atoms with Crippen molar-refractivity contribution in [2.24, 2.45) is 5.92 Å². The average molecular weight is 210 g/mol. The summed E-state index contributed by atoms with van der Waals surface area (Å²) < 4.78 is 13.2. The summed E-state index contributed by atoms with van der Waals surface area (Å²) in [6.07, 6.45) is 0.980. The van der Waals surface area contributed by atoms with E-state index in [1.54, 1.807) is 0 Å². The highest BCUT2D eigenvalue weighted by Crippen LogP contribution is 2.36. The molecule has 0 aliphatic heterocycles. The predicted octanol–water partition coefficient (Wildman–Crippen LogP) is 2.55. The largest absolute Gasteiger partial charge is 0.376 e. The molecule has 1 aromatic rings. The third-order valence-electron chi connectivity index (χ3n) is 2.62. The topological polar surface area (TPSA) is 55.2 Å². The number of halogens is 1. The number of para-hydroxylation sites is 1. The number of hydrogen-bond donors (Lipinski definition) is 1. The van der Waals surface area contributed by atoms with Gasteiger partial charge in [0.05, 0.1) is 4.92 Å². The summed E-state index contributed by atoms with van der Waals surface area (Å²) in [4.78, 5) is 9.96. The summed E-state index contributed by atoms with van der Waals surface area (Å²) in [5.41, 5.74) is -0.189. The lowest BCUT2D eigenvalue weighted by atomic mass is 10.2. The molecule has 80 valence electrons. The van der Waals surface area contributed by atoms with Gasteiger partial charge in [0.2, 0.25) is 5.82 Å². The first kappa shape index (κ1) is 9.89. The summed E-state index contributed by atoms with van der Waals surface area (Å²) in [6.45, 7) is 2.04. The summed E-state index contributed by atoms with van der Waals surface area (Å²) in [7, 11) is 0. The van der Waals surface area contributed by atoms with Crippen LogP contribution in [-0.2, 0) is 0 Å². The molecule has 2 rings (SSSR count). The van der Waals surface area contributed by atoms with Crippen LogP contribution in [0.2, 0.25) is 0 Å². The van der Waals surface area contributed by atoms with E-state index >= 15 is 0 Å². The molecule has 0 heterocycles. The van der Waals surface area contributed by atoms with Gasteiger partial charge in [0.25, 0.3) is 0 Å². The lowest BCUT2D eigenvalue weighted by Crippen LogP contribution is -2.07.